The molecule has 1 aliphatic rings. The molecule has 1 aliphatic heterocycles. The van der Waals surface area contributed by atoms with E-state index in [-0.39, 0.29) is 11.1 Å². The molecule has 2 heterocycles. The summed E-state index contributed by atoms with van der Waals surface area (Å²) >= 11 is 5.53. The van der Waals surface area contributed by atoms with Gasteiger partial charge in [-0.1, -0.05) is 18.2 Å². The third-order valence-corrected chi connectivity index (χ3v) is 3.42. The van der Waals surface area contributed by atoms with Gasteiger partial charge in [0.15, 0.2) is 0 Å². The molecule has 0 N–H and O–H groups in total. The van der Waals surface area contributed by atoms with E-state index in [0.29, 0.717) is 0 Å². The summed E-state index contributed by atoms with van der Waals surface area (Å²) in [6.45, 7) is 0.740. The van der Waals surface area contributed by atoms with Crippen LogP contribution in [0.2, 0.25) is 0 Å². The standard InChI is InChI=1S/C13H11ClN2O2/c14-12(17)11-10-7-4-8-15(10)16(13(11)18)9-5-2-1-3-6-9/h1-3,5-6H,4,7-8H2. The van der Waals surface area contributed by atoms with Crippen LogP contribution >= 0.6 is 11.6 Å². The molecule has 5 heteroatoms. The molecule has 18 heavy (non-hydrogen) atoms. The van der Waals surface area contributed by atoms with E-state index in [0.717, 1.165) is 30.8 Å². The van der Waals surface area contributed by atoms with Crippen molar-refractivity contribution >= 4 is 16.8 Å². The molecule has 0 spiro atoms. The molecule has 3 rings (SSSR count). The van der Waals surface area contributed by atoms with Crippen LogP contribution in [0.5, 0.6) is 0 Å². The first-order valence-corrected chi connectivity index (χ1v) is 6.18. The molecule has 0 aliphatic carbocycles. The van der Waals surface area contributed by atoms with Crippen molar-refractivity contribution < 1.29 is 4.79 Å². The highest BCUT2D eigenvalue weighted by molar-refractivity contribution is 6.67. The lowest BCUT2D eigenvalue weighted by Gasteiger charge is -2.08. The van der Waals surface area contributed by atoms with E-state index in [4.69, 9.17) is 11.6 Å². The number of hydrogen-bond acceptors (Lipinski definition) is 2. The molecule has 0 bridgehead atoms. The molecule has 0 unspecified atom stereocenters. The number of rotatable bonds is 2. The van der Waals surface area contributed by atoms with Crippen LogP contribution < -0.4 is 5.56 Å². The Kier molecular flexibility index (Phi) is 2.59. The minimum atomic E-state index is -0.666. The van der Waals surface area contributed by atoms with Gasteiger partial charge in [0.2, 0.25) is 0 Å². The second-order valence-electron chi connectivity index (χ2n) is 4.27. The van der Waals surface area contributed by atoms with Crippen molar-refractivity contribution in [2.45, 2.75) is 19.4 Å². The summed E-state index contributed by atoms with van der Waals surface area (Å²) in [5.41, 5.74) is 1.31. The van der Waals surface area contributed by atoms with E-state index in [1.54, 1.807) is 0 Å². The first kappa shape index (κ1) is 11.3. The highest BCUT2D eigenvalue weighted by Gasteiger charge is 2.27. The third kappa shape index (κ3) is 1.53. The normalized spacial score (nSPS) is 13.6. The lowest BCUT2D eigenvalue weighted by atomic mass is 10.2. The van der Waals surface area contributed by atoms with Crippen LogP contribution in [0.1, 0.15) is 22.5 Å². The Morgan fingerprint density at radius 1 is 1.22 bits per heavy atom. The SMILES string of the molecule is O=C(Cl)c1c2n(n(-c3ccccc3)c1=O)CCC2. The van der Waals surface area contributed by atoms with Gasteiger partial charge < -0.3 is 0 Å². The van der Waals surface area contributed by atoms with E-state index in [2.05, 4.69) is 0 Å². The zero-order valence-corrected chi connectivity index (χ0v) is 10.4. The summed E-state index contributed by atoms with van der Waals surface area (Å²) in [6, 6.07) is 9.29. The van der Waals surface area contributed by atoms with Gasteiger partial charge in [-0.15, -0.1) is 0 Å². The topological polar surface area (TPSA) is 44.0 Å². The van der Waals surface area contributed by atoms with Crippen LogP contribution in [-0.2, 0) is 13.0 Å². The molecular formula is C13H11ClN2O2. The van der Waals surface area contributed by atoms with Crippen LogP contribution in [0.4, 0.5) is 0 Å². The Morgan fingerprint density at radius 2 is 1.94 bits per heavy atom. The number of halogens is 1. The Balaban J connectivity index is 2.32. The Morgan fingerprint density at radius 3 is 2.61 bits per heavy atom. The zero-order chi connectivity index (χ0) is 12.7. The fourth-order valence-electron chi connectivity index (χ4n) is 2.50. The molecule has 0 saturated heterocycles. The number of hydrogen-bond donors (Lipinski definition) is 0. The van der Waals surface area contributed by atoms with Crippen LogP contribution in [0, 0.1) is 0 Å². The Labute approximate surface area is 108 Å². The molecule has 0 atom stereocenters. The molecular weight excluding hydrogens is 252 g/mol. The molecule has 92 valence electrons. The maximum atomic E-state index is 12.3. The van der Waals surface area contributed by atoms with Crippen LogP contribution in [0.25, 0.3) is 5.69 Å². The van der Waals surface area contributed by atoms with Crippen molar-refractivity contribution in [2.24, 2.45) is 0 Å². The Hall–Kier alpha value is -1.81. The molecule has 1 aromatic heterocycles. The van der Waals surface area contributed by atoms with Crippen molar-refractivity contribution in [3.8, 4) is 5.69 Å². The molecule has 0 saturated carbocycles. The first-order chi connectivity index (χ1) is 8.70. The van der Waals surface area contributed by atoms with E-state index >= 15 is 0 Å². The van der Waals surface area contributed by atoms with Crippen molar-refractivity contribution in [1.82, 2.24) is 9.36 Å². The number of carbonyl (C=O) groups is 1. The fourth-order valence-corrected chi connectivity index (χ4v) is 2.69. The summed E-state index contributed by atoms with van der Waals surface area (Å²) in [6.07, 6.45) is 1.66. The van der Waals surface area contributed by atoms with Crippen molar-refractivity contribution in [3.05, 3.63) is 51.9 Å². The number of carbonyl (C=O) groups excluding carboxylic acids is 1. The Bertz CT molecular complexity index is 670. The van der Waals surface area contributed by atoms with E-state index in [9.17, 15) is 9.59 Å². The largest absolute Gasteiger partial charge is 0.283 e. The van der Waals surface area contributed by atoms with E-state index < -0.39 is 5.24 Å². The van der Waals surface area contributed by atoms with Gasteiger partial charge in [0.1, 0.15) is 5.56 Å². The predicted octanol–water partition coefficient (Wildman–Crippen LogP) is 1.96. The molecule has 1 aromatic carbocycles. The average Bonchev–Trinajstić information content (AvgIpc) is 2.88. The first-order valence-electron chi connectivity index (χ1n) is 5.80. The third-order valence-electron chi connectivity index (χ3n) is 3.23. The second-order valence-corrected chi connectivity index (χ2v) is 4.62. The highest BCUT2D eigenvalue weighted by Crippen LogP contribution is 2.21. The van der Waals surface area contributed by atoms with Crippen LogP contribution in [-0.4, -0.2) is 14.6 Å². The number of benzene rings is 1. The minimum Gasteiger partial charge on any atom is -0.281 e. The van der Waals surface area contributed by atoms with Gasteiger partial charge in [-0.2, -0.15) is 0 Å². The summed E-state index contributed by atoms with van der Waals surface area (Å²) in [5.74, 6) is 0. The van der Waals surface area contributed by atoms with Crippen molar-refractivity contribution in [3.63, 3.8) is 0 Å². The van der Waals surface area contributed by atoms with E-state index in [1.807, 2.05) is 35.0 Å². The quantitative estimate of drug-likeness (QED) is 0.777. The monoisotopic (exact) mass is 262 g/mol. The van der Waals surface area contributed by atoms with Gasteiger partial charge in [0.05, 0.1) is 11.4 Å². The van der Waals surface area contributed by atoms with Gasteiger partial charge in [-0.05, 0) is 36.6 Å². The minimum absolute atomic E-state index is 0.123. The molecule has 4 nitrogen and oxygen atoms in total. The predicted molar refractivity (Wildman–Crippen MR) is 68.5 cm³/mol. The van der Waals surface area contributed by atoms with Crippen molar-refractivity contribution in [2.75, 3.05) is 0 Å². The maximum absolute atomic E-state index is 12.3. The highest BCUT2D eigenvalue weighted by atomic mass is 35.5. The molecule has 2 aromatic rings. The number of aromatic nitrogens is 2. The number of para-hydroxylation sites is 1. The lowest BCUT2D eigenvalue weighted by molar-refractivity contribution is 0.107. The molecule has 0 fully saturated rings. The second kappa shape index (κ2) is 4.14. The number of nitrogens with zero attached hydrogens (tertiary/aromatic N) is 2. The zero-order valence-electron chi connectivity index (χ0n) is 9.60. The fraction of sp³-hybridized carbons (Fsp3) is 0.231. The van der Waals surface area contributed by atoms with Gasteiger partial charge in [0, 0.05) is 6.54 Å². The summed E-state index contributed by atoms with van der Waals surface area (Å²) in [5, 5.41) is -0.666. The maximum Gasteiger partial charge on any atom is 0.283 e. The van der Waals surface area contributed by atoms with E-state index in [1.165, 1.54) is 4.68 Å². The molecule has 0 radical (unpaired) electrons. The lowest BCUT2D eigenvalue weighted by Crippen LogP contribution is -2.22. The van der Waals surface area contributed by atoms with Crippen LogP contribution in [0.15, 0.2) is 35.1 Å². The molecule has 0 amide bonds. The summed E-state index contributed by atoms with van der Waals surface area (Å²) in [7, 11) is 0. The number of fused-ring (bicyclic) bond motifs is 1. The van der Waals surface area contributed by atoms with Crippen LogP contribution in [0.3, 0.4) is 0 Å². The van der Waals surface area contributed by atoms with Gasteiger partial charge in [0.25, 0.3) is 10.8 Å². The van der Waals surface area contributed by atoms with Gasteiger partial charge in [-0.25, -0.2) is 4.68 Å². The average molecular weight is 263 g/mol. The van der Waals surface area contributed by atoms with Crippen molar-refractivity contribution in [1.29, 1.82) is 0 Å². The summed E-state index contributed by atoms with van der Waals surface area (Å²) < 4.78 is 3.39. The smallest absolute Gasteiger partial charge is 0.281 e. The van der Waals surface area contributed by atoms with Gasteiger partial charge in [-0.3, -0.25) is 14.3 Å². The summed E-state index contributed by atoms with van der Waals surface area (Å²) in [4.78, 5) is 23.7. The van der Waals surface area contributed by atoms with Gasteiger partial charge >= 0.3 is 0 Å².